The van der Waals surface area contributed by atoms with Gasteiger partial charge in [0.15, 0.2) is 6.10 Å². The van der Waals surface area contributed by atoms with Gasteiger partial charge in [-0.15, -0.1) is 0 Å². The van der Waals surface area contributed by atoms with E-state index in [9.17, 15) is 9.59 Å². The largest absolute Gasteiger partial charge is 0.479 e. The fourth-order valence-corrected chi connectivity index (χ4v) is 2.96. The molecule has 0 aliphatic heterocycles. The summed E-state index contributed by atoms with van der Waals surface area (Å²) in [6, 6.07) is 5.36. The Labute approximate surface area is 140 Å². The molecule has 0 bridgehead atoms. The molecule has 0 saturated carbocycles. The summed E-state index contributed by atoms with van der Waals surface area (Å²) in [4.78, 5) is 23.9. The number of ether oxygens (including phenoxy) is 2. The van der Waals surface area contributed by atoms with Crippen LogP contribution in [0, 0.1) is 5.92 Å². The molecule has 1 aromatic heterocycles. The molecule has 5 nitrogen and oxygen atoms in total. The van der Waals surface area contributed by atoms with Crippen LogP contribution in [0.3, 0.4) is 0 Å². The van der Waals surface area contributed by atoms with Crippen molar-refractivity contribution in [2.24, 2.45) is 5.92 Å². The molecule has 2 aromatic rings. The third-order valence-electron chi connectivity index (χ3n) is 4.15. The van der Waals surface area contributed by atoms with Gasteiger partial charge in [-0.1, -0.05) is 13.8 Å². The second-order valence-electron chi connectivity index (χ2n) is 6.64. The second kappa shape index (κ2) is 6.67. The first kappa shape index (κ1) is 16.6. The van der Waals surface area contributed by atoms with Gasteiger partial charge < -0.3 is 13.9 Å². The van der Waals surface area contributed by atoms with Gasteiger partial charge in [-0.3, -0.25) is 0 Å². The molecule has 128 valence electrons. The zero-order valence-electron chi connectivity index (χ0n) is 14.3. The molecule has 0 fully saturated rings. The molecule has 1 atom stereocenters. The summed E-state index contributed by atoms with van der Waals surface area (Å²) < 4.78 is 16.2. The average molecular weight is 330 g/mol. The zero-order valence-corrected chi connectivity index (χ0v) is 14.3. The predicted octanol–water partition coefficient (Wildman–Crippen LogP) is 3.25. The van der Waals surface area contributed by atoms with E-state index in [2.05, 4.69) is 0 Å². The third-order valence-corrected chi connectivity index (χ3v) is 4.15. The molecule has 1 aliphatic rings. The van der Waals surface area contributed by atoms with E-state index < -0.39 is 12.1 Å². The van der Waals surface area contributed by atoms with Crippen LogP contribution in [0.1, 0.15) is 38.3 Å². The molecular formula is C19H22O5. The summed E-state index contributed by atoms with van der Waals surface area (Å²) in [6.07, 6.45) is 1.94. The van der Waals surface area contributed by atoms with Gasteiger partial charge in [-0.2, -0.15) is 0 Å². The first-order valence-electron chi connectivity index (χ1n) is 8.37. The van der Waals surface area contributed by atoms with Crippen LogP contribution in [0.2, 0.25) is 0 Å². The maximum absolute atomic E-state index is 12.0. The summed E-state index contributed by atoms with van der Waals surface area (Å²) in [5.74, 6) is 0.356. The Morgan fingerprint density at radius 1 is 1.21 bits per heavy atom. The first-order valence-corrected chi connectivity index (χ1v) is 8.37. The van der Waals surface area contributed by atoms with E-state index in [-0.39, 0.29) is 11.5 Å². The van der Waals surface area contributed by atoms with Crippen LogP contribution in [0.4, 0.5) is 0 Å². The zero-order chi connectivity index (χ0) is 17.3. The van der Waals surface area contributed by atoms with Crippen LogP contribution in [-0.4, -0.2) is 18.7 Å². The van der Waals surface area contributed by atoms with Gasteiger partial charge in [0.1, 0.15) is 11.3 Å². The fourth-order valence-electron chi connectivity index (χ4n) is 2.96. The maximum atomic E-state index is 12.0. The summed E-state index contributed by atoms with van der Waals surface area (Å²) in [7, 11) is 0. The highest BCUT2D eigenvalue weighted by molar-refractivity contribution is 5.83. The molecule has 0 unspecified atom stereocenters. The van der Waals surface area contributed by atoms with Gasteiger partial charge >= 0.3 is 11.6 Å². The monoisotopic (exact) mass is 330 g/mol. The van der Waals surface area contributed by atoms with Crippen LogP contribution in [0.5, 0.6) is 5.75 Å². The lowest BCUT2D eigenvalue weighted by Gasteiger charge is -2.15. The van der Waals surface area contributed by atoms with Crippen molar-refractivity contribution >= 4 is 16.9 Å². The molecule has 0 N–H and O–H groups in total. The van der Waals surface area contributed by atoms with Crippen molar-refractivity contribution in [1.29, 1.82) is 0 Å². The van der Waals surface area contributed by atoms with Crippen LogP contribution < -0.4 is 10.4 Å². The van der Waals surface area contributed by atoms with Crippen molar-refractivity contribution in [2.75, 3.05) is 6.61 Å². The molecule has 0 spiro atoms. The molecule has 0 radical (unpaired) electrons. The molecule has 0 saturated heterocycles. The van der Waals surface area contributed by atoms with Crippen molar-refractivity contribution in [3.63, 3.8) is 0 Å². The van der Waals surface area contributed by atoms with E-state index in [1.54, 1.807) is 19.1 Å². The van der Waals surface area contributed by atoms with Crippen LogP contribution in [0.15, 0.2) is 27.4 Å². The highest BCUT2D eigenvalue weighted by Crippen LogP contribution is 2.29. The molecule has 0 amide bonds. The topological polar surface area (TPSA) is 65.7 Å². The Morgan fingerprint density at radius 2 is 1.96 bits per heavy atom. The van der Waals surface area contributed by atoms with Gasteiger partial charge in [-0.25, -0.2) is 9.59 Å². The average Bonchev–Trinajstić information content (AvgIpc) is 3.02. The number of esters is 1. The molecule has 1 aliphatic carbocycles. The van der Waals surface area contributed by atoms with Crippen molar-refractivity contribution in [2.45, 2.75) is 46.1 Å². The van der Waals surface area contributed by atoms with Gasteiger partial charge in [0.05, 0.1) is 6.61 Å². The SMILES string of the molecule is CC(C)COC(=O)[C@@H](C)Oc1ccc2c3c(c(=O)oc2c1)CCC3. The highest BCUT2D eigenvalue weighted by atomic mass is 16.6. The van der Waals surface area contributed by atoms with E-state index in [1.165, 1.54) is 0 Å². The predicted molar refractivity (Wildman–Crippen MR) is 90.4 cm³/mol. The molecule has 1 heterocycles. The van der Waals surface area contributed by atoms with Crippen molar-refractivity contribution in [3.05, 3.63) is 39.7 Å². The number of fused-ring (bicyclic) bond motifs is 3. The van der Waals surface area contributed by atoms with Gasteiger partial charge in [-0.05, 0) is 49.8 Å². The number of hydrogen-bond donors (Lipinski definition) is 0. The number of carbonyl (C=O) groups excluding carboxylic acids is 1. The minimum atomic E-state index is -0.720. The second-order valence-corrected chi connectivity index (χ2v) is 6.64. The summed E-state index contributed by atoms with van der Waals surface area (Å²) >= 11 is 0. The summed E-state index contributed by atoms with van der Waals surface area (Å²) in [5.41, 5.74) is 2.11. The molecule has 5 heteroatoms. The van der Waals surface area contributed by atoms with Gasteiger partial charge in [0.25, 0.3) is 0 Å². The van der Waals surface area contributed by atoms with Gasteiger partial charge in [0.2, 0.25) is 0 Å². The van der Waals surface area contributed by atoms with Gasteiger partial charge in [0, 0.05) is 17.0 Å². The Bertz CT molecular complexity index is 818. The number of benzene rings is 1. The van der Waals surface area contributed by atoms with Crippen LogP contribution in [-0.2, 0) is 22.4 Å². The van der Waals surface area contributed by atoms with E-state index in [4.69, 9.17) is 13.9 Å². The lowest BCUT2D eigenvalue weighted by atomic mass is 10.1. The number of carbonyl (C=O) groups is 1. The normalized spacial score (nSPS) is 14.7. The van der Waals surface area contributed by atoms with Crippen LogP contribution in [0.25, 0.3) is 11.0 Å². The Hall–Kier alpha value is -2.30. The Kier molecular flexibility index (Phi) is 4.60. The number of aryl methyl sites for hydroxylation is 1. The standard InChI is InChI=1S/C19H22O5/c1-11(2)10-22-18(20)12(3)23-13-7-8-15-14-5-4-6-16(14)19(21)24-17(15)9-13/h7-9,11-12H,4-6,10H2,1-3H3/t12-/m1/s1. The van der Waals surface area contributed by atoms with E-state index in [0.717, 1.165) is 35.8 Å². The molecule has 24 heavy (non-hydrogen) atoms. The number of rotatable bonds is 5. The van der Waals surface area contributed by atoms with Crippen molar-refractivity contribution in [3.8, 4) is 5.75 Å². The highest BCUT2D eigenvalue weighted by Gasteiger charge is 2.21. The number of hydrogen-bond acceptors (Lipinski definition) is 5. The first-order chi connectivity index (χ1) is 11.5. The smallest absolute Gasteiger partial charge is 0.347 e. The Morgan fingerprint density at radius 3 is 2.71 bits per heavy atom. The van der Waals surface area contributed by atoms with Crippen molar-refractivity contribution in [1.82, 2.24) is 0 Å². The lowest BCUT2D eigenvalue weighted by Crippen LogP contribution is -2.27. The van der Waals surface area contributed by atoms with E-state index >= 15 is 0 Å². The fraction of sp³-hybridized carbons (Fsp3) is 0.474. The molecule has 1 aromatic carbocycles. The summed E-state index contributed by atoms with van der Waals surface area (Å²) in [5, 5.41) is 0.949. The summed E-state index contributed by atoms with van der Waals surface area (Å²) in [6.45, 7) is 5.96. The lowest BCUT2D eigenvalue weighted by molar-refractivity contribution is -0.152. The Balaban J connectivity index is 1.80. The van der Waals surface area contributed by atoms with Crippen LogP contribution >= 0.6 is 0 Å². The van der Waals surface area contributed by atoms with Crippen molar-refractivity contribution < 1.29 is 18.7 Å². The quantitative estimate of drug-likeness (QED) is 0.622. The molecular weight excluding hydrogens is 308 g/mol. The minimum Gasteiger partial charge on any atom is -0.479 e. The minimum absolute atomic E-state index is 0.267. The molecule has 3 rings (SSSR count). The van der Waals surface area contributed by atoms with E-state index in [1.807, 2.05) is 19.9 Å². The third kappa shape index (κ3) is 3.30. The maximum Gasteiger partial charge on any atom is 0.347 e. The van der Waals surface area contributed by atoms with E-state index in [0.29, 0.717) is 17.9 Å².